The molecule has 0 amide bonds. The molecular formula is C14H15ClN2O2S. The molecule has 0 aliphatic carbocycles. The van der Waals surface area contributed by atoms with Crippen LogP contribution in [0.4, 0.5) is 11.4 Å². The van der Waals surface area contributed by atoms with Crippen molar-refractivity contribution in [3.8, 4) is 0 Å². The summed E-state index contributed by atoms with van der Waals surface area (Å²) >= 11 is 5.93. The highest BCUT2D eigenvalue weighted by molar-refractivity contribution is 7.92. The molecule has 6 heteroatoms. The normalized spacial score (nSPS) is 11.3. The van der Waals surface area contributed by atoms with Gasteiger partial charge in [0.05, 0.1) is 5.02 Å². The molecule has 0 aliphatic rings. The number of hydrogen-bond donors (Lipinski definition) is 2. The van der Waals surface area contributed by atoms with Crippen LogP contribution in [0, 0.1) is 0 Å². The van der Waals surface area contributed by atoms with Crippen LogP contribution in [0.15, 0.2) is 47.4 Å². The highest BCUT2D eigenvalue weighted by Gasteiger charge is 2.18. The van der Waals surface area contributed by atoms with Gasteiger partial charge in [0, 0.05) is 11.4 Å². The third kappa shape index (κ3) is 3.23. The maximum Gasteiger partial charge on any atom is 0.263 e. The summed E-state index contributed by atoms with van der Waals surface area (Å²) in [6, 6.07) is 11.6. The van der Waals surface area contributed by atoms with Crippen molar-refractivity contribution in [1.29, 1.82) is 0 Å². The molecule has 0 saturated heterocycles. The van der Waals surface area contributed by atoms with E-state index < -0.39 is 10.0 Å². The fourth-order valence-electron chi connectivity index (χ4n) is 1.79. The molecule has 0 atom stereocenters. The molecule has 2 aromatic rings. The number of hydrogen-bond acceptors (Lipinski definition) is 3. The number of anilines is 2. The quantitative estimate of drug-likeness (QED) is 0.851. The lowest BCUT2D eigenvalue weighted by molar-refractivity contribution is 0.601. The highest BCUT2D eigenvalue weighted by Crippen LogP contribution is 2.26. The zero-order chi connectivity index (χ0) is 14.8. The molecule has 0 radical (unpaired) electrons. The van der Waals surface area contributed by atoms with Gasteiger partial charge in [-0.1, -0.05) is 30.7 Å². The minimum Gasteiger partial charge on any atom is -0.399 e. The lowest BCUT2D eigenvalue weighted by Gasteiger charge is -2.11. The maximum atomic E-state index is 12.3. The summed E-state index contributed by atoms with van der Waals surface area (Å²) in [6.45, 7) is 2.00. The molecule has 4 nitrogen and oxygen atoms in total. The average molecular weight is 311 g/mol. The van der Waals surface area contributed by atoms with Crippen LogP contribution in [0.3, 0.4) is 0 Å². The number of sulfonamides is 1. The highest BCUT2D eigenvalue weighted by atomic mass is 35.5. The summed E-state index contributed by atoms with van der Waals surface area (Å²) in [5.74, 6) is 0. The molecule has 0 unspecified atom stereocenters. The van der Waals surface area contributed by atoms with E-state index in [9.17, 15) is 8.42 Å². The first kappa shape index (κ1) is 14.7. The second-order valence-electron chi connectivity index (χ2n) is 4.35. The van der Waals surface area contributed by atoms with Crippen molar-refractivity contribution in [2.24, 2.45) is 0 Å². The lowest BCUT2D eigenvalue weighted by atomic mass is 10.1. The SMILES string of the molecule is CCc1cccc(NS(=O)(=O)c2cc(N)ccc2Cl)c1. The summed E-state index contributed by atoms with van der Waals surface area (Å²) in [4.78, 5) is -0.0268. The number of nitrogens with two attached hydrogens (primary N) is 1. The number of benzene rings is 2. The van der Waals surface area contributed by atoms with Crippen molar-refractivity contribution >= 4 is 33.0 Å². The van der Waals surface area contributed by atoms with Crippen molar-refractivity contribution in [2.75, 3.05) is 10.5 Å². The van der Waals surface area contributed by atoms with E-state index in [-0.39, 0.29) is 9.92 Å². The van der Waals surface area contributed by atoms with Crippen LogP contribution >= 0.6 is 11.6 Å². The second kappa shape index (κ2) is 5.73. The van der Waals surface area contributed by atoms with Crippen LogP contribution in [-0.2, 0) is 16.4 Å². The third-order valence-electron chi connectivity index (χ3n) is 2.83. The Kier molecular flexibility index (Phi) is 4.20. The van der Waals surface area contributed by atoms with Gasteiger partial charge in [0.2, 0.25) is 0 Å². The first-order valence-electron chi connectivity index (χ1n) is 6.09. The van der Waals surface area contributed by atoms with Crippen molar-refractivity contribution < 1.29 is 8.42 Å². The van der Waals surface area contributed by atoms with Crippen LogP contribution in [0.2, 0.25) is 5.02 Å². The van der Waals surface area contributed by atoms with Gasteiger partial charge in [0.15, 0.2) is 0 Å². The van der Waals surface area contributed by atoms with E-state index in [1.807, 2.05) is 13.0 Å². The summed E-state index contributed by atoms with van der Waals surface area (Å²) in [5, 5.41) is 0.137. The molecule has 0 aliphatic heterocycles. The molecule has 106 valence electrons. The van der Waals surface area contributed by atoms with E-state index >= 15 is 0 Å². The minimum atomic E-state index is -3.75. The maximum absolute atomic E-state index is 12.3. The molecule has 2 aromatic carbocycles. The van der Waals surface area contributed by atoms with Gasteiger partial charge in [0.1, 0.15) is 4.90 Å². The molecule has 0 saturated carbocycles. The number of nitrogen functional groups attached to an aromatic ring is 1. The van der Waals surface area contributed by atoms with Gasteiger partial charge in [-0.15, -0.1) is 0 Å². The molecule has 0 bridgehead atoms. The Bertz CT molecular complexity index is 730. The Balaban J connectivity index is 2.38. The monoisotopic (exact) mass is 310 g/mol. The van der Waals surface area contributed by atoms with Crippen LogP contribution < -0.4 is 10.5 Å². The number of nitrogens with one attached hydrogen (secondary N) is 1. The Hall–Kier alpha value is -1.72. The van der Waals surface area contributed by atoms with Gasteiger partial charge in [0.25, 0.3) is 10.0 Å². The zero-order valence-corrected chi connectivity index (χ0v) is 12.5. The Morgan fingerprint density at radius 3 is 2.65 bits per heavy atom. The molecule has 20 heavy (non-hydrogen) atoms. The smallest absolute Gasteiger partial charge is 0.263 e. The Labute approximate surface area is 123 Å². The molecule has 0 aromatic heterocycles. The largest absolute Gasteiger partial charge is 0.399 e. The molecule has 2 rings (SSSR count). The fourth-order valence-corrected chi connectivity index (χ4v) is 3.38. The Morgan fingerprint density at radius 1 is 1.20 bits per heavy atom. The predicted molar refractivity (Wildman–Crippen MR) is 82.5 cm³/mol. The summed E-state index contributed by atoms with van der Waals surface area (Å²) in [5.41, 5.74) is 7.50. The standard InChI is InChI=1S/C14H15ClN2O2S/c1-2-10-4-3-5-12(8-10)17-20(18,19)14-9-11(16)6-7-13(14)15/h3-9,17H,2,16H2,1H3. The van der Waals surface area contributed by atoms with Crippen molar-refractivity contribution in [1.82, 2.24) is 0 Å². The zero-order valence-electron chi connectivity index (χ0n) is 10.9. The second-order valence-corrected chi connectivity index (χ2v) is 6.41. The van der Waals surface area contributed by atoms with Crippen LogP contribution in [0.25, 0.3) is 0 Å². The van der Waals surface area contributed by atoms with Gasteiger partial charge < -0.3 is 5.73 Å². The predicted octanol–water partition coefficient (Wildman–Crippen LogP) is 3.29. The van der Waals surface area contributed by atoms with Crippen LogP contribution in [-0.4, -0.2) is 8.42 Å². The van der Waals surface area contributed by atoms with E-state index in [1.165, 1.54) is 12.1 Å². The van der Waals surface area contributed by atoms with Crippen molar-refractivity contribution in [3.63, 3.8) is 0 Å². The molecule has 0 heterocycles. The molecular weight excluding hydrogens is 296 g/mol. The number of rotatable bonds is 4. The van der Waals surface area contributed by atoms with E-state index in [2.05, 4.69) is 4.72 Å². The van der Waals surface area contributed by atoms with Crippen LogP contribution in [0.5, 0.6) is 0 Å². The average Bonchev–Trinajstić information content (AvgIpc) is 2.41. The first-order chi connectivity index (χ1) is 9.42. The summed E-state index contributed by atoms with van der Waals surface area (Å²) in [6.07, 6.45) is 0.828. The molecule has 3 N–H and O–H groups in total. The van der Waals surface area contributed by atoms with Gasteiger partial charge in [-0.2, -0.15) is 0 Å². The number of halogens is 1. The third-order valence-corrected chi connectivity index (χ3v) is 4.70. The summed E-state index contributed by atoms with van der Waals surface area (Å²) in [7, 11) is -3.75. The summed E-state index contributed by atoms with van der Waals surface area (Å²) < 4.78 is 27.2. The van der Waals surface area contributed by atoms with Gasteiger partial charge >= 0.3 is 0 Å². The van der Waals surface area contributed by atoms with Crippen LogP contribution in [0.1, 0.15) is 12.5 Å². The van der Waals surface area contributed by atoms with Gasteiger partial charge in [-0.05, 0) is 42.3 Å². The van der Waals surface area contributed by atoms with E-state index in [1.54, 1.807) is 24.3 Å². The fraction of sp³-hybridized carbons (Fsp3) is 0.143. The van der Waals surface area contributed by atoms with Crippen molar-refractivity contribution in [2.45, 2.75) is 18.2 Å². The first-order valence-corrected chi connectivity index (χ1v) is 7.95. The topological polar surface area (TPSA) is 72.2 Å². The van der Waals surface area contributed by atoms with Crippen molar-refractivity contribution in [3.05, 3.63) is 53.1 Å². The van der Waals surface area contributed by atoms with E-state index in [0.717, 1.165) is 12.0 Å². The molecule has 0 fully saturated rings. The lowest BCUT2D eigenvalue weighted by Crippen LogP contribution is -2.14. The number of aryl methyl sites for hydroxylation is 1. The molecule has 0 spiro atoms. The van der Waals surface area contributed by atoms with Gasteiger partial charge in [-0.3, -0.25) is 4.72 Å². The Morgan fingerprint density at radius 2 is 1.95 bits per heavy atom. The van der Waals surface area contributed by atoms with E-state index in [4.69, 9.17) is 17.3 Å². The van der Waals surface area contributed by atoms with E-state index in [0.29, 0.717) is 11.4 Å². The van der Waals surface area contributed by atoms with Gasteiger partial charge in [-0.25, -0.2) is 8.42 Å². The minimum absolute atomic E-state index is 0.0268.